The van der Waals surface area contributed by atoms with Crippen molar-refractivity contribution >= 4 is 29.4 Å². The van der Waals surface area contributed by atoms with Gasteiger partial charge in [0.1, 0.15) is 5.54 Å². The first kappa shape index (κ1) is 22.3. The fourth-order valence-electron chi connectivity index (χ4n) is 4.65. The number of hydrogen-bond donors (Lipinski definition) is 2. The van der Waals surface area contributed by atoms with E-state index in [0.29, 0.717) is 30.7 Å². The van der Waals surface area contributed by atoms with E-state index in [9.17, 15) is 14.4 Å². The van der Waals surface area contributed by atoms with Crippen LogP contribution in [0.5, 0.6) is 0 Å². The lowest BCUT2D eigenvalue weighted by Gasteiger charge is -2.21. The maximum atomic E-state index is 12.7. The Morgan fingerprint density at radius 2 is 1.75 bits per heavy atom. The minimum absolute atomic E-state index is 0.101. The number of halogens is 1. The summed E-state index contributed by atoms with van der Waals surface area (Å²) in [6.07, 6.45) is 4.64. The van der Waals surface area contributed by atoms with E-state index in [1.165, 1.54) is 4.90 Å². The standard InChI is InChI=1S/C25H28ClN3O3/c26-20-12-10-18(11-13-20)17-21(19-7-2-1-3-8-19)27-22(30)9-6-16-29-23(31)25(28-24(29)32)14-4-5-15-25/h1-3,7-8,10-13,21H,4-6,9,14-17H2,(H,27,30)(H,28,32). The molecule has 4 amide bonds. The topological polar surface area (TPSA) is 78.5 Å². The summed E-state index contributed by atoms with van der Waals surface area (Å²) in [5.41, 5.74) is 1.40. The smallest absolute Gasteiger partial charge is 0.325 e. The first-order valence-electron chi connectivity index (χ1n) is 11.2. The predicted molar refractivity (Wildman–Crippen MR) is 123 cm³/mol. The summed E-state index contributed by atoms with van der Waals surface area (Å²) >= 11 is 5.99. The van der Waals surface area contributed by atoms with Crippen LogP contribution in [-0.4, -0.2) is 34.8 Å². The van der Waals surface area contributed by atoms with E-state index < -0.39 is 5.54 Å². The highest BCUT2D eigenvalue weighted by Gasteiger charge is 2.52. The number of urea groups is 1. The maximum Gasteiger partial charge on any atom is 0.325 e. The molecule has 2 aromatic carbocycles. The molecule has 1 unspecified atom stereocenters. The molecule has 2 N–H and O–H groups in total. The van der Waals surface area contributed by atoms with Crippen molar-refractivity contribution in [1.29, 1.82) is 0 Å². The van der Waals surface area contributed by atoms with Gasteiger partial charge in [0, 0.05) is 18.0 Å². The molecule has 0 bridgehead atoms. The molecule has 2 aromatic rings. The molecule has 7 heteroatoms. The third-order valence-corrected chi connectivity index (χ3v) is 6.63. The largest absolute Gasteiger partial charge is 0.349 e. The highest BCUT2D eigenvalue weighted by molar-refractivity contribution is 6.30. The van der Waals surface area contributed by atoms with E-state index in [4.69, 9.17) is 11.6 Å². The zero-order valence-electron chi connectivity index (χ0n) is 18.0. The summed E-state index contributed by atoms with van der Waals surface area (Å²) in [6.45, 7) is 0.257. The number of benzene rings is 2. The zero-order valence-corrected chi connectivity index (χ0v) is 18.7. The van der Waals surface area contributed by atoms with Crippen LogP contribution in [0.4, 0.5) is 4.79 Å². The minimum atomic E-state index is -0.698. The van der Waals surface area contributed by atoms with E-state index in [0.717, 1.165) is 24.0 Å². The molecule has 168 valence electrons. The Morgan fingerprint density at radius 1 is 1.06 bits per heavy atom. The Kier molecular flexibility index (Phi) is 6.80. The SMILES string of the molecule is O=C(CCCN1C(=O)NC2(CCCC2)C1=O)NC(Cc1ccc(Cl)cc1)c1ccccc1. The quantitative estimate of drug-likeness (QED) is 0.582. The minimum Gasteiger partial charge on any atom is -0.349 e. The van der Waals surface area contributed by atoms with Crippen LogP contribution in [0.2, 0.25) is 5.02 Å². The lowest BCUT2D eigenvalue weighted by Crippen LogP contribution is -2.44. The van der Waals surface area contributed by atoms with Crippen molar-refractivity contribution in [3.8, 4) is 0 Å². The van der Waals surface area contributed by atoms with Crippen molar-refractivity contribution in [1.82, 2.24) is 15.5 Å². The van der Waals surface area contributed by atoms with Crippen LogP contribution in [0, 0.1) is 0 Å². The van der Waals surface area contributed by atoms with Crippen LogP contribution in [-0.2, 0) is 16.0 Å². The third kappa shape index (κ3) is 4.96. The predicted octanol–water partition coefficient (Wildman–Crippen LogP) is 4.38. The number of nitrogens with zero attached hydrogens (tertiary/aromatic N) is 1. The number of rotatable bonds is 8. The number of carbonyl (C=O) groups is 3. The van der Waals surface area contributed by atoms with Crippen LogP contribution in [0.3, 0.4) is 0 Å². The Labute approximate surface area is 193 Å². The highest BCUT2D eigenvalue weighted by Crippen LogP contribution is 2.35. The van der Waals surface area contributed by atoms with Gasteiger partial charge in [-0.25, -0.2) is 4.79 Å². The van der Waals surface area contributed by atoms with Gasteiger partial charge in [0.05, 0.1) is 6.04 Å². The normalized spacial score (nSPS) is 18.1. The van der Waals surface area contributed by atoms with Crippen LogP contribution in [0.15, 0.2) is 54.6 Å². The molecule has 0 radical (unpaired) electrons. The molecule has 1 saturated heterocycles. The zero-order chi connectivity index (χ0) is 22.6. The van der Waals surface area contributed by atoms with E-state index in [1.807, 2.05) is 54.6 Å². The molecule has 0 aromatic heterocycles. The molecule has 1 saturated carbocycles. The van der Waals surface area contributed by atoms with Gasteiger partial charge in [-0.1, -0.05) is 66.9 Å². The van der Waals surface area contributed by atoms with Gasteiger partial charge < -0.3 is 10.6 Å². The van der Waals surface area contributed by atoms with E-state index >= 15 is 0 Å². The lowest BCUT2D eigenvalue weighted by molar-refractivity contribution is -0.131. The molecule has 1 heterocycles. The van der Waals surface area contributed by atoms with Gasteiger partial charge in [-0.2, -0.15) is 0 Å². The Morgan fingerprint density at radius 3 is 2.44 bits per heavy atom. The molecule has 32 heavy (non-hydrogen) atoms. The molecular weight excluding hydrogens is 426 g/mol. The Bertz CT molecular complexity index is 972. The van der Waals surface area contributed by atoms with Crippen molar-refractivity contribution in [2.75, 3.05) is 6.54 Å². The number of nitrogens with one attached hydrogen (secondary N) is 2. The summed E-state index contributed by atoms with van der Waals surface area (Å²) in [6, 6.07) is 16.9. The maximum absolute atomic E-state index is 12.7. The van der Waals surface area contributed by atoms with Gasteiger partial charge in [-0.05, 0) is 48.9 Å². The first-order valence-corrected chi connectivity index (χ1v) is 11.6. The second kappa shape index (κ2) is 9.74. The summed E-state index contributed by atoms with van der Waals surface area (Å²) in [4.78, 5) is 39.0. The summed E-state index contributed by atoms with van der Waals surface area (Å²) < 4.78 is 0. The Hall–Kier alpha value is -2.86. The molecule has 1 atom stereocenters. The lowest BCUT2D eigenvalue weighted by atomic mass is 9.98. The fourth-order valence-corrected chi connectivity index (χ4v) is 4.78. The molecule has 6 nitrogen and oxygen atoms in total. The van der Waals surface area contributed by atoms with Gasteiger partial charge in [-0.3, -0.25) is 14.5 Å². The molecule has 2 fully saturated rings. The molecule has 1 aliphatic heterocycles. The average molecular weight is 454 g/mol. The Balaban J connectivity index is 1.34. The summed E-state index contributed by atoms with van der Waals surface area (Å²) in [5.74, 6) is -0.235. The van der Waals surface area contributed by atoms with Crippen LogP contribution >= 0.6 is 11.6 Å². The van der Waals surface area contributed by atoms with Crippen molar-refractivity contribution in [3.63, 3.8) is 0 Å². The third-order valence-electron chi connectivity index (χ3n) is 6.38. The first-order chi connectivity index (χ1) is 15.5. The number of amides is 4. The fraction of sp³-hybridized carbons (Fsp3) is 0.400. The summed E-state index contributed by atoms with van der Waals surface area (Å²) in [7, 11) is 0. The van der Waals surface area contributed by atoms with Gasteiger partial charge in [0.2, 0.25) is 5.91 Å². The number of hydrogen-bond acceptors (Lipinski definition) is 3. The van der Waals surface area contributed by atoms with Crippen LogP contribution in [0.1, 0.15) is 55.7 Å². The van der Waals surface area contributed by atoms with Crippen molar-refractivity contribution in [2.45, 2.75) is 56.5 Å². The van der Waals surface area contributed by atoms with Crippen molar-refractivity contribution in [3.05, 3.63) is 70.7 Å². The highest BCUT2D eigenvalue weighted by atomic mass is 35.5. The van der Waals surface area contributed by atoms with Gasteiger partial charge in [-0.15, -0.1) is 0 Å². The second-order valence-electron chi connectivity index (χ2n) is 8.64. The molecule has 1 aliphatic carbocycles. The van der Waals surface area contributed by atoms with E-state index in [-0.39, 0.29) is 36.9 Å². The number of carbonyl (C=O) groups excluding carboxylic acids is 3. The van der Waals surface area contributed by atoms with E-state index in [2.05, 4.69) is 10.6 Å². The average Bonchev–Trinajstić information content (AvgIpc) is 3.35. The monoisotopic (exact) mass is 453 g/mol. The molecule has 1 spiro atoms. The number of imide groups is 1. The molecule has 4 rings (SSSR count). The van der Waals surface area contributed by atoms with Crippen LogP contribution < -0.4 is 10.6 Å². The second-order valence-corrected chi connectivity index (χ2v) is 9.08. The van der Waals surface area contributed by atoms with Gasteiger partial charge >= 0.3 is 6.03 Å². The van der Waals surface area contributed by atoms with Crippen LogP contribution in [0.25, 0.3) is 0 Å². The van der Waals surface area contributed by atoms with Crippen molar-refractivity contribution in [2.24, 2.45) is 0 Å². The molecule has 2 aliphatic rings. The van der Waals surface area contributed by atoms with Gasteiger partial charge in [0.25, 0.3) is 5.91 Å². The molecular formula is C25H28ClN3O3. The van der Waals surface area contributed by atoms with Gasteiger partial charge in [0.15, 0.2) is 0 Å². The van der Waals surface area contributed by atoms with Crippen molar-refractivity contribution < 1.29 is 14.4 Å². The van der Waals surface area contributed by atoms with E-state index in [1.54, 1.807) is 0 Å². The summed E-state index contributed by atoms with van der Waals surface area (Å²) in [5, 5.41) is 6.67.